The number of sulfonamides is 1. The smallest absolute Gasteiger partial charge is 0.229 e. The van der Waals surface area contributed by atoms with Crippen molar-refractivity contribution in [3.63, 3.8) is 0 Å². The summed E-state index contributed by atoms with van der Waals surface area (Å²) >= 11 is 0. The Morgan fingerprint density at radius 2 is 1.79 bits per heavy atom. The summed E-state index contributed by atoms with van der Waals surface area (Å²) in [4.78, 5) is 0.156. The minimum atomic E-state index is -3.68. The molecule has 7 heteroatoms. The molecule has 1 aliphatic rings. The van der Waals surface area contributed by atoms with Gasteiger partial charge in [0.2, 0.25) is 10.0 Å². The van der Waals surface area contributed by atoms with Gasteiger partial charge in [0.15, 0.2) is 9.84 Å². The average molecular weight is 303 g/mol. The molecule has 1 aromatic carbocycles. The van der Waals surface area contributed by atoms with Gasteiger partial charge >= 0.3 is 0 Å². The van der Waals surface area contributed by atoms with E-state index in [0.29, 0.717) is 6.42 Å². The van der Waals surface area contributed by atoms with Crippen LogP contribution >= 0.6 is 0 Å². The first-order valence-corrected chi connectivity index (χ1v) is 9.24. The molecule has 1 saturated heterocycles. The predicted octanol–water partition coefficient (Wildman–Crippen LogP) is 0.851. The molecule has 0 amide bonds. The monoisotopic (exact) mass is 303 g/mol. The van der Waals surface area contributed by atoms with Crippen LogP contribution in [0.2, 0.25) is 0 Å². The number of rotatable bonds is 3. The third-order valence-corrected chi connectivity index (χ3v) is 6.77. The van der Waals surface area contributed by atoms with Gasteiger partial charge in [0.05, 0.1) is 16.4 Å². The van der Waals surface area contributed by atoms with E-state index >= 15 is 0 Å². The van der Waals surface area contributed by atoms with Crippen LogP contribution in [0.15, 0.2) is 29.2 Å². The van der Waals surface area contributed by atoms with Crippen LogP contribution < -0.4 is 4.72 Å². The molecule has 0 aromatic heterocycles. The average Bonchev–Trinajstić information content (AvgIpc) is 2.52. The van der Waals surface area contributed by atoms with Crippen LogP contribution in [0.3, 0.4) is 0 Å². The molecule has 1 atom stereocenters. The Morgan fingerprint density at radius 3 is 2.26 bits per heavy atom. The molecule has 0 unspecified atom stereocenters. The Morgan fingerprint density at radius 1 is 1.21 bits per heavy atom. The van der Waals surface area contributed by atoms with Crippen molar-refractivity contribution < 1.29 is 16.8 Å². The zero-order chi connectivity index (χ0) is 14.3. The van der Waals surface area contributed by atoms with Crippen LogP contribution in [-0.2, 0) is 19.9 Å². The van der Waals surface area contributed by atoms with Crippen LogP contribution in [0.1, 0.15) is 18.9 Å². The minimum absolute atomic E-state index is 0.0277. The lowest BCUT2D eigenvalue weighted by Crippen LogP contribution is -2.46. The lowest BCUT2D eigenvalue weighted by molar-refractivity contribution is 0.462. The molecule has 0 aliphatic carbocycles. The molecule has 0 radical (unpaired) electrons. The molecule has 5 nitrogen and oxygen atoms in total. The molecule has 1 aliphatic heterocycles. The number of hydrogen-bond acceptors (Lipinski definition) is 4. The van der Waals surface area contributed by atoms with Gasteiger partial charge in [-0.2, -0.15) is 0 Å². The van der Waals surface area contributed by atoms with E-state index in [1.807, 2.05) is 6.92 Å². The van der Waals surface area contributed by atoms with Crippen LogP contribution in [0.25, 0.3) is 0 Å². The van der Waals surface area contributed by atoms with E-state index in [0.717, 1.165) is 5.56 Å². The quantitative estimate of drug-likeness (QED) is 0.897. The van der Waals surface area contributed by atoms with Crippen molar-refractivity contribution in [3.8, 4) is 0 Å². The Labute approximate surface area is 114 Å². The topological polar surface area (TPSA) is 80.3 Å². The zero-order valence-corrected chi connectivity index (χ0v) is 12.5. The van der Waals surface area contributed by atoms with E-state index in [1.165, 1.54) is 12.1 Å². The van der Waals surface area contributed by atoms with E-state index in [-0.39, 0.29) is 16.4 Å². The van der Waals surface area contributed by atoms with E-state index in [4.69, 9.17) is 0 Å². The third kappa shape index (κ3) is 3.34. The zero-order valence-electron chi connectivity index (χ0n) is 10.9. The van der Waals surface area contributed by atoms with Gasteiger partial charge in [-0.15, -0.1) is 0 Å². The van der Waals surface area contributed by atoms with Crippen LogP contribution in [-0.4, -0.2) is 33.9 Å². The molecule has 0 saturated carbocycles. The van der Waals surface area contributed by atoms with Gasteiger partial charge in [-0.1, -0.05) is 17.7 Å². The van der Waals surface area contributed by atoms with Gasteiger partial charge in [-0.3, -0.25) is 0 Å². The summed E-state index contributed by atoms with van der Waals surface area (Å²) in [6.45, 7) is 3.50. The maximum absolute atomic E-state index is 12.2. The van der Waals surface area contributed by atoms with E-state index in [2.05, 4.69) is 4.72 Å². The standard InChI is InChI=1S/C12H17NO4S2/c1-10-3-5-11(6-4-10)19(16,17)13-12(2)7-8-18(14,15)9-12/h3-6,13H,7-9H2,1-2H3/t12-/m0/s1. The first-order chi connectivity index (χ1) is 8.62. The fourth-order valence-corrected chi connectivity index (χ4v) is 5.81. The Hall–Kier alpha value is -0.920. The van der Waals surface area contributed by atoms with Gasteiger partial charge in [0, 0.05) is 5.54 Å². The summed E-state index contributed by atoms with van der Waals surface area (Å²) in [7, 11) is -6.83. The normalized spacial score (nSPS) is 26.4. The second-order valence-electron chi connectivity index (χ2n) is 5.32. The number of sulfone groups is 1. The summed E-state index contributed by atoms with van der Waals surface area (Å²) in [6.07, 6.45) is 0.306. The molecular formula is C12H17NO4S2. The van der Waals surface area contributed by atoms with Crippen molar-refractivity contribution in [1.82, 2.24) is 4.72 Å². The van der Waals surface area contributed by atoms with E-state index in [1.54, 1.807) is 19.1 Å². The highest BCUT2D eigenvalue weighted by Crippen LogP contribution is 2.25. The summed E-state index contributed by atoms with van der Waals surface area (Å²) in [5.74, 6) is -0.120. The number of nitrogens with one attached hydrogen (secondary N) is 1. The molecule has 0 spiro atoms. The van der Waals surface area contributed by atoms with E-state index in [9.17, 15) is 16.8 Å². The Kier molecular flexibility index (Phi) is 3.49. The lowest BCUT2D eigenvalue weighted by atomic mass is 10.0. The fraction of sp³-hybridized carbons (Fsp3) is 0.500. The summed E-state index contributed by atoms with van der Waals surface area (Å²) < 4.78 is 49.9. The third-order valence-electron chi connectivity index (χ3n) is 3.22. The van der Waals surface area contributed by atoms with E-state index < -0.39 is 25.4 Å². The molecule has 2 rings (SSSR count). The molecule has 1 N–H and O–H groups in total. The van der Waals surface area contributed by atoms with Crippen molar-refractivity contribution in [2.75, 3.05) is 11.5 Å². The fourth-order valence-electron chi connectivity index (χ4n) is 2.19. The minimum Gasteiger partial charge on any atom is -0.229 e. The van der Waals surface area contributed by atoms with Gasteiger partial charge in [-0.05, 0) is 32.4 Å². The molecule has 1 fully saturated rings. The number of aryl methyl sites for hydroxylation is 1. The van der Waals surface area contributed by atoms with Crippen molar-refractivity contribution in [1.29, 1.82) is 0 Å². The van der Waals surface area contributed by atoms with Gasteiger partial charge in [-0.25, -0.2) is 21.6 Å². The molecule has 0 bridgehead atoms. The van der Waals surface area contributed by atoms with Crippen LogP contribution in [0, 0.1) is 6.92 Å². The molecule has 19 heavy (non-hydrogen) atoms. The highest BCUT2D eigenvalue weighted by Gasteiger charge is 2.41. The highest BCUT2D eigenvalue weighted by atomic mass is 32.2. The second kappa shape index (κ2) is 4.57. The van der Waals surface area contributed by atoms with Crippen molar-refractivity contribution in [2.45, 2.75) is 30.7 Å². The highest BCUT2D eigenvalue weighted by molar-refractivity contribution is 7.92. The van der Waals surface area contributed by atoms with Crippen molar-refractivity contribution in [2.24, 2.45) is 0 Å². The SMILES string of the molecule is Cc1ccc(S(=O)(=O)N[C@@]2(C)CCS(=O)(=O)C2)cc1. The van der Waals surface area contributed by atoms with Crippen molar-refractivity contribution in [3.05, 3.63) is 29.8 Å². The Balaban J connectivity index is 2.25. The molecular weight excluding hydrogens is 286 g/mol. The maximum atomic E-state index is 12.2. The van der Waals surface area contributed by atoms with Gasteiger partial charge in [0.1, 0.15) is 0 Å². The summed E-state index contributed by atoms with van der Waals surface area (Å²) in [5, 5.41) is 0. The molecule has 1 heterocycles. The van der Waals surface area contributed by atoms with Gasteiger partial charge in [0.25, 0.3) is 0 Å². The molecule has 1 aromatic rings. The number of benzene rings is 1. The Bertz CT molecular complexity index is 677. The second-order valence-corrected chi connectivity index (χ2v) is 9.19. The first kappa shape index (κ1) is 14.5. The first-order valence-electron chi connectivity index (χ1n) is 5.93. The van der Waals surface area contributed by atoms with Gasteiger partial charge < -0.3 is 0 Å². The summed E-state index contributed by atoms with van der Waals surface area (Å²) in [6, 6.07) is 6.46. The van der Waals surface area contributed by atoms with Crippen molar-refractivity contribution >= 4 is 19.9 Å². The maximum Gasteiger partial charge on any atom is 0.241 e. The number of hydrogen-bond donors (Lipinski definition) is 1. The molecule has 106 valence electrons. The largest absolute Gasteiger partial charge is 0.241 e. The van der Waals surface area contributed by atoms with Crippen LogP contribution in [0.5, 0.6) is 0 Å². The lowest BCUT2D eigenvalue weighted by Gasteiger charge is -2.23. The van der Waals surface area contributed by atoms with Crippen LogP contribution in [0.4, 0.5) is 0 Å². The summed E-state index contributed by atoms with van der Waals surface area (Å²) in [5.41, 5.74) is 0.0522. The predicted molar refractivity (Wildman–Crippen MR) is 73.2 cm³/mol.